The first-order valence-electron chi connectivity index (χ1n) is 12.6. The minimum Gasteiger partial charge on any atom is -0.453 e. The minimum absolute atomic E-state index is 0.240. The molecule has 11 heteroatoms. The lowest BCUT2D eigenvalue weighted by Crippen LogP contribution is -2.23. The van der Waals surface area contributed by atoms with Crippen molar-refractivity contribution in [1.29, 1.82) is 0 Å². The van der Waals surface area contributed by atoms with Crippen LogP contribution in [0.5, 0.6) is 11.5 Å². The highest BCUT2D eigenvalue weighted by Gasteiger charge is 2.38. The van der Waals surface area contributed by atoms with E-state index in [0.29, 0.717) is 35.4 Å². The topological polar surface area (TPSA) is 18.5 Å². The fourth-order valence-electron chi connectivity index (χ4n) is 4.22. The maximum atomic E-state index is 14.9. The molecule has 2 nitrogen and oxygen atoms in total. The normalized spacial score (nSPS) is 11.6. The first kappa shape index (κ1) is 31.3. The number of alkyl halides is 2. The number of ether oxygens (including phenoxy) is 2. The van der Waals surface area contributed by atoms with Crippen molar-refractivity contribution >= 4 is 0 Å². The zero-order valence-electron chi connectivity index (χ0n) is 22.2. The Morgan fingerprint density at radius 2 is 1.30 bits per heavy atom. The number of halogens is 9. The van der Waals surface area contributed by atoms with Crippen LogP contribution < -0.4 is 9.47 Å². The minimum atomic E-state index is -4.38. The van der Waals surface area contributed by atoms with Crippen molar-refractivity contribution in [1.82, 2.24) is 0 Å². The zero-order chi connectivity index (χ0) is 31.3. The Kier molecular flexibility index (Phi) is 9.53. The molecule has 0 atom stereocenters. The summed E-state index contributed by atoms with van der Waals surface area (Å²) in [6.45, 7) is 1.91. The van der Waals surface area contributed by atoms with Crippen molar-refractivity contribution < 1.29 is 49.0 Å². The molecule has 0 bridgehead atoms. The molecular formula is C32H21F9O2. The van der Waals surface area contributed by atoms with Crippen LogP contribution in [0.3, 0.4) is 0 Å². The Morgan fingerprint density at radius 3 is 1.86 bits per heavy atom. The third kappa shape index (κ3) is 7.40. The van der Waals surface area contributed by atoms with E-state index in [-0.39, 0.29) is 6.26 Å². The summed E-state index contributed by atoms with van der Waals surface area (Å²) in [4.78, 5) is 0. The van der Waals surface area contributed by atoms with Crippen LogP contribution in [-0.4, -0.2) is 0 Å². The quantitative estimate of drug-likeness (QED) is 0.101. The van der Waals surface area contributed by atoms with Gasteiger partial charge in [-0.2, -0.15) is 17.6 Å². The van der Waals surface area contributed by atoms with Crippen LogP contribution in [0.2, 0.25) is 0 Å². The number of rotatable bonds is 10. The van der Waals surface area contributed by atoms with Crippen molar-refractivity contribution in [3.05, 3.63) is 131 Å². The van der Waals surface area contributed by atoms with Crippen LogP contribution in [0.15, 0.2) is 91.2 Å². The lowest BCUT2D eigenvalue weighted by Gasteiger charge is -2.20. The van der Waals surface area contributed by atoms with Crippen LogP contribution in [0, 0.1) is 29.1 Å². The fourth-order valence-corrected chi connectivity index (χ4v) is 4.22. The lowest BCUT2D eigenvalue weighted by molar-refractivity contribution is -0.187. The van der Waals surface area contributed by atoms with Crippen molar-refractivity contribution in [3.63, 3.8) is 0 Å². The molecule has 0 saturated carbocycles. The Morgan fingerprint density at radius 1 is 0.721 bits per heavy atom. The SMILES string of the molecule is CC=CCCc1ccc(-c2ccc(C(F)(F)Oc3cc(F)c(-c4cc(F)c(OC=C(F)F)c(F)c4)c(F)c3)c(F)c2)cc1. The van der Waals surface area contributed by atoms with Crippen LogP contribution >= 0.6 is 0 Å². The van der Waals surface area contributed by atoms with Gasteiger partial charge in [0.1, 0.15) is 23.2 Å². The molecule has 0 N–H and O–H groups in total. The van der Waals surface area contributed by atoms with E-state index >= 15 is 0 Å². The molecule has 0 radical (unpaired) electrons. The van der Waals surface area contributed by atoms with Crippen molar-refractivity contribution in [2.75, 3.05) is 0 Å². The van der Waals surface area contributed by atoms with Gasteiger partial charge in [-0.3, -0.25) is 0 Å². The van der Waals surface area contributed by atoms with Gasteiger partial charge < -0.3 is 9.47 Å². The van der Waals surface area contributed by atoms with Gasteiger partial charge in [0, 0.05) is 12.1 Å². The van der Waals surface area contributed by atoms with E-state index in [0.717, 1.165) is 30.5 Å². The van der Waals surface area contributed by atoms with E-state index < -0.39 is 69.5 Å². The summed E-state index contributed by atoms with van der Waals surface area (Å²) >= 11 is 0. The van der Waals surface area contributed by atoms with E-state index in [2.05, 4.69) is 9.47 Å². The summed E-state index contributed by atoms with van der Waals surface area (Å²) in [5.74, 6) is -9.91. The number of benzene rings is 4. The molecule has 0 fully saturated rings. The molecule has 4 aromatic rings. The summed E-state index contributed by atoms with van der Waals surface area (Å²) in [5, 5.41) is 0. The van der Waals surface area contributed by atoms with Gasteiger partial charge in [0.05, 0.1) is 11.1 Å². The van der Waals surface area contributed by atoms with E-state index in [1.165, 1.54) is 6.07 Å². The van der Waals surface area contributed by atoms with Gasteiger partial charge in [-0.1, -0.05) is 42.5 Å². The highest BCUT2D eigenvalue weighted by Crippen LogP contribution is 2.38. The molecule has 0 aliphatic heterocycles. The standard InChI is InChI=1S/C32H21F9O2/c1-2-3-4-5-18-6-8-19(9-7-18)20-10-11-23(24(33)12-20)32(40,41)43-22-15-25(34)30(26(35)16-22)21-13-27(36)31(28(37)14-21)42-17-29(38)39/h2-3,6-17H,4-5H2,1H3. The summed E-state index contributed by atoms with van der Waals surface area (Å²) < 4.78 is 136. The molecule has 0 aliphatic carbocycles. The van der Waals surface area contributed by atoms with Crippen molar-refractivity contribution in [2.24, 2.45) is 0 Å². The summed E-state index contributed by atoms with van der Waals surface area (Å²) in [7, 11) is 0. The molecule has 4 rings (SSSR count). The molecule has 224 valence electrons. The molecule has 0 heterocycles. The average Bonchev–Trinajstić information content (AvgIpc) is 2.92. The second-order valence-electron chi connectivity index (χ2n) is 9.17. The van der Waals surface area contributed by atoms with Crippen LogP contribution in [0.1, 0.15) is 24.5 Å². The van der Waals surface area contributed by atoms with Gasteiger partial charge in [0.15, 0.2) is 23.6 Å². The maximum absolute atomic E-state index is 14.9. The van der Waals surface area contributed by atoms with E-state index in [1.807, 2.05) is 31.2 Å². The van der Waals surface area contributed by atoms with Gasteiger partial charge >= 0.3 is 12.2 Å². The maximum Gasteiger partial charge on any atom is 0.429 e. The second-order valence-corrected chi connectivity index (χ2v) is 9.17. The molecule has 0 aromatic heterocycles. The molecule has 0 spiro atoms. The number of hydrogen-bond donors (Lipinski definition) is 0. The summed E-state index contributed by atoms with van der Waals surface area (Å²) in [6.07, 6.45) is -1.44. The molecule has 4 aromatic carbocycles. The Bertz CT molecular complexity index is 1630. The molecule has 43 heavy (non-hydrogen) atoms. The Labute approximate surface area is 240 Å². The van der Waals surface area contributed by atoms with Gasteiger partial charge in [-0.05, 0) is 66.3 Å². The predicted octanol–water partition coefficient (Wildman–Crippen LogP) is 10.5. The smallest absolute Gasteiger partial charge is 0.429 e. The van der Waals surface area contributed by atoms with Crippen molar-refractivity contribution in [3.8, 4) is 33.8 Å². The van der Waals surface area contributed by atoms with Crippen LogP contribution in [0.25, 0.3) is 22.3 Å². The van der Waals surface area contributed by atoms with Crippen LogP contribution in [0.4, 0.5) is 39.5 Å². The van der Waals surface area contributed by atoms with Gasteiger partial charge in [-0.15, -0.1) is 0 Å². The molecule has 0 amide bonds. The molecule has 0 saturated heterocycles. The van der Waals surface area contributed by atoms with Gasteiger partial charge in [0.2, 0.25) is 0 Å². The Hall–Kier alpha value is -4.67. The summed E-state index contributed by atoms with van der Waals surface area (Å²) in [6, 6.07) is 11.4. The van der Waals surface area contributed by atoms with E-state index in [1.54, 1.807) is 12.1 Å². The molecule has 0 unspecified atom stereocenters. The van der Waals surface area contributed by atoms with E-state index in [9.17, 15) is 39.5 Å². The monoisotopic (exact) mass is 608 g/mol. The Balaban J connectivity index is 1.55. The second kappa shape index (κ2) is 13.1. The largest absolute Gasteiger partial charge is 0.453 e. The number of allylic oxidation sites excluding steroid dienone is 2. The molecular weight excluding hydrogens is 587 g/mol. The van der Waals surface area contributed by atoms with Crippen molar-refractivity contribution in [2.45, 2.75) is 25.9 Å². The predicted molar refractivity (Wildman–Crippen MR) is 142 cm³/mol. The average molecular weight is 609 g/mol. The van der Waals surface area contributed by atoms with Gasteiger partial charge in [0.25, 0.3) is 0 Å². The van der Waals surface area contributed by atoms with Crippen LogP contribution in [-0.2, 0) is 12.5 Å². The third-order valence-electron chi connectivity index (χ3n) is 6.22. The zero-order valence-corrected chi connectivity index (χ0v) is 22.2. The highest BCUT2D eigenvalue weighted by molar-refractivity contribution is 5.67. The lowest BCUT2D eigenvalue weighted by atomic mass is 10.0. The summed E-state index contributed by atoms with van der Waals surface area (Å²) in [5.41, 5.74) is -1.05. The highest BCUT2D eigenvalue weighted by atomic mass is 19.3. The number of aryl methyl sites for hydroxylation is 1. The first-order valence-corrected chi connectivity index (χ1v) is 12.6. The first-order chi connectivity index (χ1) is 20.4. The third-order valence-corrected chi connectivity index (χ3v) is 6.22. The fraction of sp³-hybridized carbons (Fsp3) is 0.125. The molecule has 0 aliphatic rings. The van der Waals surface area contributed by atoms with E-state index in [4.69, 9.17) is 0 Å². The van der Waals surface area contributed by atoms with Gasteiger partial charge in [-0.25, -0.2) is 22.0 Å². The number of hydrogen-bond acceptors (Lipinski definition) is 2.